The van der Waals surface area contributed by atoms with Crippen molar-refractivity contribution in [2.45, 2.75) is 4.34 Å². The zero-order valence-electron chi connectivity index (χ0n) is 12.2. The van der Waals surface area contributed by atoms with Crippen LogP contribution in [-0.4, -0.2) is 36.1 Å². The first-order valence-corrected chi connectivity index (χ1v) is 8.08. The smallest absolute Gasteiger partial charge is 0.257 e. The Morgan fingerprint density at radius 2 is 2.14 bits per heavy atom. The van der Waals surface area contributed by atoms with Gasteiger partial charge in [-0.05, 0) is 18.2 Å². The highest BCUT2D eigenvalue weighted by Crippen LogP contribution is 2.29. The predicted molar refractivity (Wildman–Crippen MR) is 88.3 cm³/mol. The van der Waals surface area contributed by atoms with Crippen molar-refractivity contribution in [1.82, 2.24) is 10.2 Å². The maximum absolute atomic E-state index is 12.2. The molecule has 0 saturated carbocycles. The van der Waals surface area contributed by atoms with Crippen molar-refractivity contribution in [2.75, 3.05) is 25.3 Å². The lowest BCUT2D eigenvalue weighted by atomic mass is 10.2. The zero-order valence-corrected chi connectivity index (χ0v) is 13.8. The molecule has 0 aliphatic carbocycles. The molecule has 0 saturated heterocycles. The fraction of sp³-hybridized carbons (Fsp3) is 0.214. The number of hydrogen-bond acceptors (Lipinski definition) is 7. The van der Waals surface area contributed by atoms with Gasteiger partial charge in [0, 0.05) is 11.3 Å². The number of nitrogens with one attached hydrogen (secondary N) is 1. The van der Waals surface area contributed by atoms with E-state index >= 15 is 0 Å². The molecule has 0 aliphatic rings. The number of nitrogens with zero attached hydrogens (tertiary/aromatic N) is 2. The Hall–Kier alpha value is -2.06. The number of thioether (sulfide) groups is 1. The SMILES string of the molecule is C=CCSc1nnc(NC(=O)c2ccc(OC)c(OC)c2)s1. The molecule has 1 amide bonds. The van der Waals surface area contributed by atoms with Gasteiger partial charge in [-0.3, -0.25) is 10.1 Å². The second-order valence-corrected chi connectivity index (χ2v) is 6.24. The molecule has 2 aromatic rings. The number of rotatable bonds is 7. The summed E-state index contributed by atoms with van der Waals surface area (Å²) in [5, 5.41) is 11.1. The van der Waals surface area contributed by atoms with Crippen LogP contribution in [0.3, 0.4) is 0 Å². The van der Waals surface area contributed by atoms with E-state index in [9.17, 15) is 4.79 Å². The van der Waals surface area contributed by atoms with Gasteiger partial charge in [-0.1, -0.05) is 29.2 Å². The lowest BCUT2D eigenvalue weighted by Gasteiger charge is -2.08. The number of carbonyl (C=O) groups is 1. The standard InChI is InChI=1S/C14H15N3O3S2/c1-4-7-21-14-17-16-13(22-14)15-12(18)9-5-6-10(19-2)11(8-9)20-3/h4-6,8H,1,7H2,2-3H3,(H,15,16,18). The lowest BCUT2D eigenvalue weighted by molar-refractivity contribution is 0.102. The maximum Gasteiger partial charge on any atom is 0.257 e. The minimum absolute atomic E-state index is 0.280. The second kappa shape index (κ2) is 7.81. The minimum Gasteiger partial charge on any atom is -0.493 e. The summed E-state index contributed by atoms with van der Waals surface area (Å²) in [6, 6.07) is 4.95. The van der Waals surface area contributed by atoms with Crippen molar-refractivity contribution in [3.63, 3.8) is 0 Å². The molecular formula is C14H15N3O3S2. The van der Waals surface area contributed by atoms with Crippen molar-refractivity contribution in [3.8, 4) is 11.5 Å². The molecule has 0 spiro atoms. The summed E-state index contributed by atoms with van der Waals surface area (Å²) >= 11 is 2.83. The number of ether oxygens (including phenoxy) is 2. The summed E-state index contributed by atoms with van der Waals surface area (Å²) in [6.45, 7) is 3.64. The summed E-state index contributed by atoms with van der Waals surface area (Å²) in [4.78, 5) is 12.2. The number of aromatic nitrogens is 2. The number of methoxy groups -OCH3 is 2. The average Bonchev–Trinajstić information content (AvgIpc) is 2.99. The monoisotopic (exact) mass is 337 g/mol. The molecule has 0 bridgehead atoms. The number of carbonyl (C=O) groups excluding carboxylic acids is 1. The van der Waals surface area contributed by atoms with Crippen molar-refractivity contribution < 1.29 is 14.3 Å². The van der Waals surface area contributed by atoms with E-state index in [-0.39, 0.29) is 5.91 Å². The first kappa shape index (κ1) is 16.3. The van der Waals surface area contributed by atoms with Crippen molar-refractivity contribution in [3.05, 3.63) is 36.4 Å². The van der Waals surface area contributed by atoms with Crippen LogP contribution in [0, 0.1) is 0 Å². The Labute approximate surface area is 136 Å². The lowest BCUT2D eigenvalue weighted by Crippen LogP contribution is -2.11. The summed E-state index contributed by atoms with van der Waals surface area (Å²) in [5.41, 5.74) is 0.452. The van der Waals surface area contributed by atoms with Crippen LogP contribution in [0.1, 0.15) is 10.4 Å². The number of benzene rings is 1. The fourth-order valence-corrected chi connectivity index (χ4v) is 3.10. The fourth-order valence-electron chi connectivity index (χ4n) is 1.60. The normalized spacial score (nSPS) is 10.1. The predicted octanol–water partition coefficient (Wildman–Crippen LogP) is 3.09. The van der Waals surface area contributed by atoms with Gasteiger partial charge in [-0.15, -0.1) is 16.8 Å². The van der Waals surface area contributed by atoms with E-state index in [1.807, 2.05) is 0 Å². The van der Waals surface area contributed by atoms with Gasteiger partial charge in [0.2, 0.25) is 5.13 Å². The third-order valence-corrected chi connectivity index (χ3v) is 4.57. The van der Waals surface area contributed by atoms with E-state index in [1.54, 1.807) is 31.4 Å². The van der Waals surface area contributed by atoms with Crippen LogP contribution in [0.4, 0.5) is 5.13 Å². The van der Waals surface area contributed by atoms with E-state index in [0.717, 1.165) is 10.1 Å². The van der Waals surface area contributed by atoms with Gasteiger partial charge in [0.25, 0.3) is 5.91 Å². The van der Waals surface area contributed by atoms with Crippen molar-refractivity contribution >= 4 is 34.1 Å². The molecule has 116 valence electrons. The minimum atomic E-state index is -0.280. The third kappa shape index (κ3) is 3.99. The highest BCUT2D eigenvalue weighted by molar-refractivity contribution is 8.01. The van der Waals surface area contributed by atoms with Crippen LogP contribution in [0.25, 0.3) is 0 Å². The summed E-state index contributed by atoms with van der Waals surface area (Å²) in [6.07, 6.45) is 1.79. The summed E-state index contributed by atoms with van der Waals surface area (Å²) in [5.74, 6) is 1.53. The molecule has 0 atom stereocenters. The molecule has 1 N–H and O–H groups in total. The Morgan fingerprint density at radius 3 is 2.82 bits per heavy atom. The highest BCUT2D eigenvalue weighted by Gasteiger charge is 2.13. The third-order valence-electron chi connectivity index (χ3n) is 2.60. The van der Waals surface area contributed by atoms with Crippen molar-refractivity contribution in [1.29, 1.82) is 0 Å². The molecule has 0 aliphatic heterocycles. The molecule has 2 rings (SSSR count). The van der Waals surface area contributed by atoms with Crippen LogP contribution in [0.2, 0.25) is 0 Å². The molecule has 1 aromatic carbocycles. The van der Waals surface area contributed by atoms with Crippen LogP contribution < -0.4 is 14.8 Å². The average molecular weight is 337 g/mol. The molecule has 1 heterocycles. The molecule has 1 aromatic heterocycles. The van der Waals surface area contributed by atoms with E-state index < -0.39 is 0 Å². The molecule has 0 fully saturated rings. The summed E-state index contributed by atoms with van der Waals surface area (Å²) < 4.78 is 11.1. The molecule has 0 radical (unpaired) electrons. The number of amides is 1. The van der Waals surface area contributed by atoms with E-state index in [1.165, 1.54) is 30.2 Å². The van der Waals surface area contributed by atoms with E-state index in [0.29, 0.717) is 22.2 Å². The van der Waals surface area contributed by atoms with E-state index in [2.05, 4.69) is 22.1 Å². The van der Waals surface area contributed by atoms with Crippen LogP contribution >= 0.6 is 23.1 Å². The Kier molecular flexibility index (Phi) is 5.79. The van der Waals surface area contributed by atoms with Gasteiger partial charge >= 0.3 is 0 Å². The van der Waals surface area contributed by atoms with Crippen LogP contribution in [-0.2, 0) is 0 Å². The van der Waals surface area contributed by atoms with Gasteiger partial charge < -0.3 is 9.47 Å². The Bertz CT molecular complexity index is 673. The molecule has 0 unspecified atom stereocenters. The second-order valence-electron chi connectivity index (χ2n) is 4.00. The van der Waals surface area contributed by atoms with Gasteiger partial charge in [-0.2, -0.15) is 0 Å². The number of anilines is 1. The molecule has 6 nitrogen and oxygen atoms in total. The van der Waals surface area contributed by atoms with Crippen LogP contribution in [0.5, 0.6) is 11.5 Å². The Balaban J connectivity index is 2.08. The first-order chi connectivity index (χ1) is 10.7. The van der Waals surface area contributed by atoms with Gasteiger partial charge in [0.15, 0.2) is 15.8 Å². The van der Waals surface area contributed by atoms with Crippen LogP contribution in [0.15, 0.2) is 35.2 Å². The van der Waals surface area contributed by atoms with Gasteiger partial charge in [0.1, 0.15) is 0 Å². The topological polar surface area (TPSA) is 73.3 Å². The maximum atomic E-state index is 12.2. The molecular weight excluding hydrogens is 322 g/mol. The Morgan fingerprint density at radius 1 is 1.36 bits per heavy atom. The van der Waals surface area contributed by atoms with Gasteiger partial charge in [0.05, 0.1) is 14.2 Å². The van der Waals surface area contributed by atoms with Gasteiger partial charge in [-0.25, -0.2) is 0 Å². The number of hydrogen-bond donors (Lipinski definition) is 1. The largest absolute Gasteiger partial charge is 0.493 e. The molecule has 8 heteroatoms. The summed E-state index contributed by atoms with van der Waals surface area (Å²) in [7, 11) is 3.06. The quantitative estimate of drug-likeness (QED) is 0.475. The van der Waals surface area contributed by atoms with E-state index in [4.69, 9.17) is 9.47 Å². The zero-order chi connectivity index (χ0) is 15.9. The highest BCUT2D eigenvalue weighted by atomic mass is 32.2. The van der Waals surface area contributed by atoms with Crippen molar-refractivity contribution in [2.24, 2.45) is 0 Å². The molecule has 22 heavy (non-hydrogen) atoms. The first-order valence-electron chi connectivity index (χ1n) is 6.28.